The van der Waals surface area contributed by atoms with Crippen molar-refractivity contribution in [2.75, 3.05) is 13.2 Å². The first kappa shape index (κ1) is 16.5. The lowest BCUT2D eigenvalue weighted by atomic mass is 9.99. The SMILES string of the molecule is OCC1O[C@H](OCC2OC3OC2C(O)C3O)C(O)[C@@H](O)[C@@H]1O. The molecule has 3 rings (SSSR count). The lowest BCUT2D eigenvalue weighted by Gasteiger charge is -2.40. The predicted molar refractivity (Wildman–Crippen MR) is 65.3 cm³/mol. The number of hydrogen-bond acceptors (Lipinski definition) is 10. The normalized spacial score (nSPS) is 54.8. The van der Waals surface area contributed by atoms with E-state index in [0.29, 0.717) is 0 Å². The van der Waals surface area contributed by atoms with Gasteiger partial charge in [-0.1, -0.05) is 0 Å². The molecule has 0 aromatic heterocycles. The van der Waals surface area contributed by atoms with Crippen molar-refractivity contribution in [3.8, 4) is 0 Å². The summed E-state index contributed by atoms with van der Waals surface area (Å²) in [5.74, 6) is 0. The van der Waals surface area contributed by atoms with Crippen LogP contribution in [0.25, 0.3) is 0 Å². The van der Waals surface area contributed by atoms with Crippen LogP contribution in [0.1, 0.15) is 0 Å². The van der Waals surface area contributed by atoms with E-state index in [1.165, 1.54) is 0 Å². The van der Waals surface area contributed by atoms with Crippen molar-refractivity contribution in [1.82, 2.24) is 0 Å². The third kappa shape index (κ3) is 2.65. The Bertz CT molecular complexity index is 390. The van der Waals surface area contributed by atoms with Crippen LogP contribution < -0.4 is 0 Å². The highest BCUT2D eigenvalue weighted by Crippen LogP contribution is 2.34. The molecule has 0 saturated carbocycles. The molecule has 2 bridgehead atoms. The van der Waals surface area contributed by atoms with Crippen LogP contribution in [0.5, 0.6) is 0 Å². The van der Waals surface area contributed by atoms with Gasteiger partial charge in [-0.15, -0.1) is 0 Å². The molecule has 7 unspecified atom stereocenters. The van der Waals surface area contributed by atoms with Gasteiger partial charge in [0.25, 0.3) is 0 Å². The maximum atomic E-state index is 9.82. The molecule has 0 radical (unpaired) electrons. The fraction of sp³-hybridized carbons (Fsp3) is 1.00. The molecule has 22 heavy (non-hydrogen) atoms. The molecule has 0 aliphatic carbocycles. The lowest BCUT2D eigenvalue weighted by Crippen LogP contribution is -2.59. The van der Waals surface area contributed by atoms with Crippen molar-refractivity contribution in [1.29, 1.82) is 0 Å². The first-order chi connectivity index (χ1) is 10.4. The second-order valence-electron chi connectivity index (χ2n) is 5.66. The molecule has 0 aromatic carbocycles. The van der Waals surface area contributed by atoms with Gasteiger partial charge in [-0.2, -0.15) is 0 Å². The Balaban J connectivity index is 1.55. The van der Waals surface area contributed by atoms with E-state index in [1.807, 2.05) is 0 Å². The van der Waals surface area contributed by atoms with Gasteiger partial charge in [0.1, 0.15) is 48.8 Å². The summed E-state index contributed by atoms with van der Waals surface area (Å²) < 4.78 is 21.0. The van der Waals surface area contributed by atoms with Gasteiger partial charge >= 0.3 is 0 Å². The first-order valence-corrected chi connectivity index (χ1v) is 7.03. The number of aliphatic hydroxyl groups excluding tert-OH is 6. The van der Waals surface area contributed by atoms with E-state index < -0.39 is 68.0 Å². The third-order valence-electron chi connectivity index (χ3n) is 4.21. The number of ether oxygens (including phenoxy) is 4. The molecule has 3 heterocycles. The van der Waals surface area contributed by atoms with Gasteiger partial charge in [0.05, 0.1) is 13.2 Å². The van der Waals surface area contributed by atoms with E-state index in [0.717, 1.165) is 0 Å². The summed E-state index contributed by atoms with van der Waals surface area (Å²) >= 11 is 0. The summed E-state index contributed by atoms with van der Waals surface area (Å²) in [6, 6.07) is 0. The Morgan fingerprint density at radius 3 is 2.05 bits per heavy atom. The first-order valence-electron chi connectivity index (χ1n) is 7.03. The molecule has 0 spiro atoms. The minimum atomic E-state index is -1.53. The van der Waals surface area contributed by atoms with E-state index in [4.69, 9.17) is 24.1 Å². The Kier molecular flexibility index (Phi) is 4.67. The summed E-state index contributed by atoms with van der Waals surface area (Å²) in [4.78, 5) is 0. The molecule has 3 aliphatic heterocycles. The van der Waals surface area contributed by atoms with Gasteiger partial charge in [0.2, 0.25) is 0 Å². The van der Waals surface area contributed by atoms with E-state index in [2.05, 4.69) is 0 Å². The molecule has 10 atom stereocenters. The lowest BCUT2D eigenvalue weighted by molar-refractivity contribution is -0.306. The van der Waals surface area contributed by atoms with Crippen molar-refractivity contribution >= 4 is 0 Å². The average Bonchev–Trinajstić information content (AvgIpc) is 3.04. The highest BCUT2D eigenvalue weighted by atomic mass is 16.8. The molecular weight excluding hydrogens is 304 g/mol. The molecule has 128 valence electrons. The van der Waals surface area contributed by atoms with Crippen LogP contribution in [-0.2, 0) is 18.9 Å². The van der Waals surface area contributed by atoms with Gasteiger partial charge in [-0.05, 0) is 0 Å². The quantitative estimate of drug-likeness (QED) is 0.298. The van der Waals surface area contributed by atoms with Crippen LogP contribution in [0.3, 0.4) is 0 Å². The number of fused-ring (bicyclic) bond motifs is 2. The summed E-state index contributed by atoms with van der Waals surface area (Å²) in [7, 11) is 0. The van der Waals surface area contributed by atoms with Crippen molar-refractivity contribution in [2.45, 2.75) is 61.4 Å². The molecule has 3 aliphatic rings. The topological polar surface area (TPSA) is 158 Å². The van der Waals surface area contributed by atoms with Crippen LogP contribution >= 0.6 is 0 Å². The van der Waals surface area contributed by atoms with Crippen molar-refractivity contribution < 1.29 is 49.6 Å². The molecule has 6 N–H and O–H groups in total. The molecule has 0 aromatic rings. The van der Waals surface area contributed by atoms with Gasteiger partial charge in [0, 0.05) is 0 Å². The largest absolute Gasteiger partial charge is 0.394 e. The fourth-order valence-electron chi connectivity index (χ4n) is 2.87. The summed E-state index contributed by atoms with van der Waals surface area (Å²) in [5.41, 5.74) is 0. The molecule has 10 heteroatoms. The fourth-order valence-corrected chi connectivity index (χ4v) is 2.87. The smallest absolute Gasteiger partial charge is 0.187 e. The zero-order valence-corrected chi connectivity index (χ0v) is 11.5. The number of rotatable bonds is 4. The second kappa shape index (κ2) is 6.24. The van der Waals surface area contributed by atoms with Crippen LogP contribution in [0.15, 0.2) is 0 Å². The predicted octanol–water partition coefficient (Wildman–Crippen LogP) is -4.35. The van der Waals surface area contributed by atoms with Crippen LogP contribution in [0, 0.1) is 0 Å². The number of aliphatic hydroxyl groups is 6. The van der Waals surface area contributed by atoms with Crippen LogP contribution in [0.4, 0.5) is 0 Å². The molecule has 3 saturated heterocycles. The maximum absolute atomic E-state index is 9.82. The second-order valence-corrected chi connectivity index (χ2v) is 5.66. The third-order valence-corrected chi connectivity index (χ3v) is 4.21. The van der Waals surface area contributed by atoms with Gasteiger partial charge in [-0.3, -0.25) is 0 Å². The minimum Gasteiger partial charge on any atom is -0.394 e. The summed E-state index contributed by atoms with van der Waals surface area (Å²) in [6.45, 7) is -0.683. The Morgan fingerprint density at radius 1 is 0.727 bits per heavy atom. The van der Waals surface area contributed by atoms with Crippen molar-refractivity contribution in [3.05, 3.63) is 0 Å². The van der Waals surface area contributed by atoms with Gasteiger partial charge in [0.15, 0.2) is 12.6 Å². The Hall–Kier alpha value is -0.400. The van der Waals surface area contributed by atoms with E-state index in [-0.39, 0.29) is 6.61 Å². The molecule has 10 nitrogen and oxygen atoms in total. The maximum Gasteiger partial charge on any atom is 0.187 e. The Morgan fingerprint density at radius 2 is 1.45 bits per heavy atom. The zero-order chi connectivity index (χ0) is 16.0. The van der Waals surface area contributed by atoms with Crippen LogP contribution in [0.2, 0.25) is 0 Å². The summed E-state index contributed by atoms with van der Waals surface area (Å²) in [6.07, 6.45) is -11.4. The van der Waals surface area contributed by atoms with Crippen molar-refractivity contribution in [2.24, 2.45) is 0 Å². The van der Waals surface area contributed by atoms with E-state index in [9.17, 15) is 25.5 Å². The molecule has 3 fully saturated rings. The minimum absolute atomic E-state index is 0.131. The van der Waals surface area contributed by atoms with Crippen LogP contribution in [-0.4, -0.2) is 105 Å². The number of hydrogen-bond donors (Lipinski definition) is 6. The standard InChI is InChI=1S/C12H20O10/c13-1-3-5(14)6(15)8(17)11(20-3)19-2-4-10-7(16)9(18)12(21-4)22-10/h3-18H,1-2H2/t3?,4?,5-,6+,7?,8?,9?,10?,11+,12?/m1/s1. The van der Waals surface area contributed by atoms with E-state index in [1.54, 1.807) is 0 Å². The highest BCUT2D eigenvalue weighted by Gasteiger charge is 2.55. The van der Waals surface area contributed by atoms with E-state index >= 15 is 0 Å². The van der Waals surface area contributed by atoms with Crippen molar-refractivity contribution in [3.63, 3.8) is 0 Å². The monoisotopic (exact) mass is 324 g/mol. The molecular formula is C12H20O10. The molecule has 0 amide bonds. The van der Waals surface area contributed by atoms with Gasteiger partial charge < -0.3 is 49.6 Å². The Labute approximate surface area is 125 Å². The average molecular weight is 324 g/mol. The van der Waals surface area contributed by atoms with Gasteiger partial charge in [-0.25, -0.2) is 0 Å². The summed E-state index contributed by atoms with van der Waals surface area (Å²) in [5, 5.41) is 57.4. The highest BCUT2D eigenvalue weighted by molar-refractivity contribution is 4.97. The zero-order valence-electron chi connectivity index (χ0n) is 11.5.